The first kappa shape index (κ1) is 12.9. The van der Waals surface area contributed by atoms with Crippen molar-refractivity contribution >= 4 is 21.6 Å². The van der Waals surface area contributed by atoms with E-state index in [1.807, 2.05) is 30.3 Å². The lowest BCUT2D eigenvalue weighted by Crippen LogP contribution is -1.89. The van der Waals surface area contributed by atoms with E-state index in [4.69, 9.17) is 5.73 Å². The molecule has 3 rings (SSSR count). The molecule has 1 nitrogen and oxygen atoms in total. The van der Waals surface area contributed by atoms with Crippen LogP contribution < -0.4 is 5.73 Å². The molecule has 0 aliphatic carbocycles. The molecule has 0 heterocycles. The highest BCUT2D eigenvalue weighted by Crippen LogP contribution is 2.34. The van der Waals surface area contributed by atoms with Crippen molar-refractivity contribution in [1.82, 2.24) is 0 Å². The maximum atomic E-state index is 5.96. The molecule has 2 heteroatoms. The highest BCUT2D eigenvalue weighted by atomic mass is 79.9. The maximum absolute atomic E-state index is 5.96. The number of hydrogen-bond acceptors (Lipinski definition) is 1. The summed E-state index contributed by atoms with van der Waals surface area (Å²) in [6.07, 6.45) is 0. The van der Waals surface area contributed by atoms with Gasteiger partial charge in [-0.15, -0.1) is 0 Å². The minimum atomic E-state index is 0.780. The Bertz CT molecular complexity index is 718. The summed E-state index contributed by atoms with van der Waals surface area (Å²) in [7, 11) is 0. The van der Waals surface area contributed by atoms with Gasteiger partial charge >= 0.3 is 0 Å². The molecular weight excluding hydrogens is 310 g/mol. The van der Waals surface area contributed by atoms with Gasteiger partial charge in [-0.25, -0.2) is 0 Å². The van der Waals surface area contributed by atoms with E-state index < -0.39 is 0 Å². The molecule has 3 aromatic rings. The first-order valence-electron chi connectivity index (χ1n) is 6.45. The van der Waals surface area contributed by atoms with Gasteiger partial charge in [-0.3, -0.25) is 0 Å². The van der Waals surface area contributed by atoms with Crippen LogP contribution in [0.25, 0.3) is 22.3 Å². The zero-order valence-electron chi connectivity index (χ0n) is 10.9. The molecule has 0 aromatic heterocycles. The second-order valence-corrected chi connectivity index (χ2v) is 5.59. The van der Waals surface area contributed by atoms with Crippen molar-refractivity contribution in [2.45, 2.75) is 0 Å². The number of rotatable bonds is 2. The Labute approximate surface area is 127 Å². The van der Waals surface area contributed by atoms with Crippen LogP contribution in [0, 0.1) is 0 Å². The number of anilines is 1. The number of benzene rings is 3. The van der Waals surface area contributed by atoms with Gasteiger partial charge in [-0.2, -0.15) is 0 Å². The molecule has 0 bridgehead atoms. The second kappa shape index (κ2) is 5.51. The third-order valence-corrected chi connectivity index (χ3v) is 3.81. The average Bonchev–Trinajstić information content (AvgIpc) is 2.49. The molecule has 0 saturated heterocycles. The highest BCUT2D eigenvalue weighted by Gasteiger charge is 2.07. The monoisotopic (exact) mass is 323 g/mol. The molecule has 0 unspecified atom stereocenters. The van der Waals surface area contributed by atoms with Gasteiger partial charge in [0.2, 0.25) is 0 Å². The molecule has 0 spiro atoms. The smallest absolute Gasteiger partial charge is 0.0320 e. The van der Waals surface area contributed by atoms with Crippen molar-refractivity contribution in [2.24, 2.45) is 0 Å². The van der Waals surface area contributed by atoms with Crippen LogP contribution in [0.15, 0.2) is 77.3 Å². The summed E-state index contributed by atoms with van der Waals surface area (Å²) >= 11 is 3.47. The predicted molar refractivity (Wildman–Crippen MR) is 89.4 cm³/mol. The van der Waals surface area contributed by atoms with Crippen LogP contribution in [-0.2, 0) is 0 Å². The molecule has 2 N–H and O–H groups in total. The van der Waals surface area contributed by atoms with E-state index in [1.54, 1.807) is 0 Å². The molecule has 0 atom stereocenters. The number of halogens is 1. The van der Waals surface area contributed by atoms with E-state index in [1.165, 1.54) is 16.7 Å². The van der Waals surface area contributed by atoms with Gasteiger partial charge in [0.05, 0.1) is 0 Å². The van der Waals surface area contributed by atoms with Crippen molar-refractivity contribution in [3.8, 4) is 22.3 Å². The molecule has 0 radical (unpaired) electrons. The van der Waals surface area contributed by atoms with Crippen molar-refractivity contribution in [3.63, 3.8) is 0 Å². The fraction of sp³-hybridized carbons (Fsp3) is 0. The van der Waals surface area contributed by atoms with E-state index in [0.29, 0.717) is 0 Å². The van der Waals surface area contributed by atoms with E-state index >= 15 is 0 Å². The Morgan fingerprint density at radius 2 is 1.30 bits per heavy atom. The van der Waals surface area contributed by atoms with Crippen LogP contribution in [0.1, 0.15) is 0 Å². The highest BCUT2D eigenvalue weighted by molar-refractivity contribution is 9.10. The van der Waals surface area contributed by atoms with Crippen molar-refractivity contribution in [3.05, 3.63) is 77.3 Å². The summed E-state index contributed by atoms with van der Waals surface area (Å²) in [6.45, 7) is 0. The summed E-state index contributed by atoms with van der Waals surface area (Å²) in [5.74, 6) is 0. The zero-order chi connectivity index (χ0) is 13.9. The van der Waals surface area contributed by atoms with Gasteiger partial charge in [-0.1, -0.05) is 64.5 Å². The van der Waals surface area contributed by atoms with E-state index in [0.717, 1.165) is 15.7 Å². The van der Waals surface area contributed by atoms with Crippen LogP contribution in [0.4, 0.5) is 5.69 Å². The molecule has 0 saturated carbocycles. The van der Waals surface area contributed by atoms with Gasteiger partial charge in [-0.05, 0) is 46.5 Å². The van der Waals surface area contributed by atoms with E-state index in [9.17, 15) is 0 Å². The fourth-order valence-electron chi connectivity index (χ4n) is 2.30. The van der Waals surface area contributed by atoms with Crippen LogP contribution >= 0.6 is 15.9 Å². The van der Waals surface area contributed by atoms with Crippen LogP contribution in [-0.4, -0.2) is 0 Å². The van der Waals surface area contributed by atoms with Crippen LogP contribution in [0.3, 0.4) is 0 Å². The zero-order valence-corrected chi connectivity index (χ0v) is 12.5. The third kappa shape index (κ3) is 2.61. The van der Waals surface area contributed by atoms with Gasteiger partial charge in [0.15, 0.2) is 0 Å². The molecule has 3 aromatic carbocycles. The lowest BCUT2D eigenvalue weighted by Gasteiger charge is -2.11. The second-order valence-electron chi connectivity index (χ2n) is 4.68. The normalized spacial score (nSPS) is 10.4. The minimum Gasteiger partial charge on any atom is -0.399 e. The van der Waals surface area contributed by atoms with Crippen LogP contribution in [0.5, 0.6) is 0 Å². The molecule has 20 heavy (non-hydrogen) atoms. The van der Waals surface area contributed by atoms with Gasteiger partial charge in [0, 0.05) is 10.2 Å². The minimum absolute atomic E-state index is 0.780. The molecule has 0 aliphatic heterocycles. The van der Waals surface area contributed by atoms with Crippen molar-refractivity contribution in [2.75, 3.05) is 5.73 Å². The largest absolute Gasteiger partial charge is 0.399 e. The van der Waals surface area contributed by atoms with Crippen LogP contribution in [0.2, 0.25) is 0 Å². The Kier molecular flexibility index (Phi) is 3.57. The standard InChI is InChI=1S/C18H14BrN/c19-15-8-6-14(7-9-15)18-12-16(20)10-11-17(18)13-4-2-1-3-5-13/h1-12H,20H2. The average molecular weight is 324 g/mol. The lowest BCUT2D eigenvalue weighted by atomic mass is 9.94. The third-order valence-electron chi connectivity index (χ3n) is 3.28. The van der Waals surface area contributed by atoms with Gasteiger partial charge in [0.1, 0.15) is 0 Å². The van der Waals surface area contributed by atoms with E-state index in [-0.39, 0.29) is 0 Å². The van der Waals surface area contributed by atoms with Gasteiger partial charge in [0.25, 0.3) is 0 Å². The molecular formula is C18H14BrN. The maximum Gasteiger partial charge on any atom is 0.0320 e. The predicted octanol–water partition coefficient (Wildman–Crippen LogP) is 5.37. The number of nitrogen functional groups attached to an aromatic ring is 1. The Balaban J connectivity index is 2.19. The molecule has 0 aliphatic rings. The van der Waals surface area contributed by atoms with E-state index in [2.05, 4.69) is 58.4 Å². The summed E-state index contributed by atoms with van der Waals surface area (Å²) in [5, 5.41) is 0. The Hall–Kier alpha value is -2.06. The molecule has 98 valence electrons. The quantitative estimate of drug-likeness (QED) is 0.631. The van der Waals surface area contributed by atoms with Gasteiger partial charge < -0.3 is 5.73 Å². The Morgan fingerprint density at radius 1 is 0.650 bits per heavy atom. The summed E-state index contributed by atoms with van der Waals surface area (Å²) in [4.78, 5) is 0. The summed E-state index contributed by atoms with van der Waals surface area (Å²) in [6, 6.07) is 24.7. The molecule has 0 amide bonds. The fourth-order valence-corrected chi connectivity index (χ4v) is 2.56. The van der Waals surface area contributed by atoms with Crippen molar-refractivity contribution in [1.29, 1.82) is 0 Å². The first-order chi connectivity index (χ1) is 9.74. The Morgan fingerprint density at radius 3 is 2.00 bits per heavy atom. The number of nitrogens with two attached hydrogens (primary N) is 1. The number of hydrogen-bond donors (Lipinski definition) is 1. The summed E-state index contributed by atoms with van der Waals surface area (Å²) < 4.78 is 1.08. The lowest BCUT2D eigenvalue weighted by molar-refractivity contribution is 1.56. The molecule has 0 fully saturated rings. The first-order valence-corrected chi connectivity index (χ1v) is 7.24. The summed E-state index contributed by atoms with van der Waals surface area (Å²) in [5.41, 5.74) is 11.5. The topological polar surface area (TPSA) is 26.0 Å². The SMILES string of the molecule is Nc1ccc(-c2ccccc2)c(-c2ccc(Br)cc2)c1. The van der Waals surface area contributed by atoms with Crippen molar-refractivity contribution < 1.29 is 0 Å².